The molecule has 154 valence electrons. The predicted octanol–water partition coefficient (Wildman–Crippen LogP) is 5.30. The highest BCUT2D eigenvalue weighted by atomic mass is 79.9. The van der Waals surface area contributed by atoms with Gasteiger partial charge in [-0.2, -0.15) is 5.10 Å². The van der Waals surface area contributed by atoms with E-state index >= 15 is 0 Å². The molecule has 3 rings (SSSR count). The van der Waals surface area contributed by atoms with Crippen LogP contribution in [0.5, 0.6) is 11.5 Å². The molecule has 2 aromatic carbocycles. The average molecular weight is 477 g/mol. The molecule has 0 unspecified atom stereocenters. The summed E-state index contributed by atoms with van der Waals surface area (Å²) in [4.78, 5) is 0. The highest BCUT2D eigenvalue weighted by Gasteiger charge is 2.13. The molecule has 0 spiro atoms. The van der Waals surface area contributed by atoms with E-state index in [4.69, 9.17) is 21.7 Å². The van der Waals surface area contributed by atoms with Crippen LogP contribution < -0.4 is 14.9 Å². The van der Waals surface area contributed by atoms with Gasteiger partial charge in [0.05, 0.1) is 17.6 Å². The lowest BCUT2D eigenvalue weighted by Gasteiger charge is -2.16. The second-order valence-electron chi connectivity index (χ2n) is 6.58. The monoisotopic (exact) mass is 476 g/mol. The Morgan fingerprint density at radius 1 is 1.17 bits per heavy atom. The van der Waals surface area contributed by atoms with Crippen LogP contribution in [-0.2, 0) is 19.6 Å². The van der Waals surface area contributed by atoms with Crippen molar-refractivity contribution in [2.24, 2.45) is 0 Å². The van der Waals surface area contributed by atoms with Crippen LogP contribution in [0.4, 0.5) is 0 Å². The Hall–Kier alpha value is -2.32. The van der Waals surface area contributed by atoms with Crippen LogP contribution in [0.25, 0.3) is 0 Å². The fourth-order valence-electron chi connectivity index (χ4n) is 2.98. The number of H-pyrrole nitrogens is 1. The molecule has 0 aliphatic heterocycles. The number of aromatic amines is 1. The molecular formula is C21H25BrN4O2S. The quantitative estimate of drug-likeness (QED) is 0.410. The number of hydrogen-bond donors (Lipinski definition) is 2. The highest BCUT2D eigenvalue weighted by Crippen LogP contribution is 2.37. The van der Waals surface area contributed by atoms with Gasteiger partial charge in [-0.25, -0.2) is 4.68 Å². The van der Waals surface area contributed by atoms with Crippen molar-refractivity contribution in [1.82, 2.24) is 14.9 Å². The summed E-state index contributed by atoms with van der Waals surface area (Å²) >= 11 is 8.93. The number of ether oxygens (including phenoxy) is 2. The Kier molecular flexibility index (Phi) is 7.33. The van der Waals surface area contributed by atoms with Gasteiger partial charge in [0.1, 0.15) is 6.61 Å². The van der Waals surface area contributed by atoms with Gasteiger partial charge in [-0.1, -0.05) is 36.8 Å². The van der Waals surface area contributed by atoms with Gasteiger partial charge in [-0.3, -0.25) is 5.10 Å². The molecule has 0 aliphatic rings. The third kappa shape index (κ3) is 5.39. The second-order valence-corrected chi connectivity index (χ2v) is 7.83. The highest BCUT2D eigenvalue weighted by molar-refractivity contribution is 9.10. The van der Waals surface area contributed by atoms with Crippen molar-refractivity contribution in [3.8, 4) is 11.5 Å². The van der Waals surface area contributed by atoms with Crippen LogP contribution in [0.1, 0.15) is 36.4 Å². The Morgan fingerprint density at radius 2 is 2.00 bits per heavy atom. The third-order valence-electron chi connectivity index (χ3n) is 4.33. The summed E-state index contributed by atoms with van der Waals surface area (Å²) in [5, 5.41) is 7.03. The van der Waals surface area contributed by atoms with Gasteiger partial charge in [0, 0.05) is 6.42 Å². The maximum atomic E-state index is 6.09. The largest absolute Gasteiger partial charge is 0.490 e. The third-order valence-corrected chi connectivity index (χ3v) is 5.20. The van der Waals surface area contributed by atoms with Gasteiger partial charge in [-0.15, -0.1) is 0 Å². The Balaban J connectivity index is 1.78. The van der Waals surface area contributed by atoms with E-state index in [1.165, 1.54) is 5.56 Å². The first-order valence-corrected chi connectivity index (χ1v) is 10.8. The molecule has 29 heavy (non-hydrogen) atoms. The van der Waals surface area contributed by atoms with Crippen molar-refractivity contribution in [2.75, 3.05) is 12.0 Å². The zero-order valence-electron chi connectivity index (χ0n) is 16.8. The molecule has 0 atom stereocenters. The number of nitrogens with one attached hydrogen (secondary N) is 2. The summed E-state index contributed by atoms with van der Waals surface area (Å²) in [7, 11) is 0. The lowest BCUT2D eigenvalue weighted by molar-refractivity contribution is 0.267. The summed E-state index contributed by atoms with van der Waals surface area (Å²) in [5.41, 5.74) is 6.67. The van der Waals surface area contributed by atoms with E-state index in [0.29, 0.717) is 36.0 Å². The zero-order valence-corrected chi connectivity index (χ0v) is 19.2. The average Bonchev–Trinajstić information content (AvgIpc) is 3.05. The minimum Gasteiger partial charge on any atom is -0.490 e. The Bertz CT molecular complexity index is 1030. The molecule has 3 aromatic rings. The fourth-order valence-corrected chi connectivity index (χ4v) is 3.80. The topological polar surface area (TPSA) is 64.1 Å². The molecule has 0 saturated heterocycles. The van der Waals surface area contributed by atoms with E-state index in [9.17, 15) is 0 Å². The molecule has 0 bridgehead atoms. The van der Waals surface area contributed by atoms with Crippen molar-refractivity contribution < 1.29 is 9.47 Å². The Morgan fingerprint density at radius 3 is 2.72 bits per heavy atom. The van der Waals surface area contributed by atoms with E-state index in [2.05, 4.69) is 56.7 Å². The van der Waals surface area contributed by atoms with Gasteiger partial charge in [0.15, 0.2) is 17.3 Å². The van der Waals surface area contributed by atoms with Crippen LogP contribution in [0, 0.1) is 11.7 Å². The van der Waals surface area contributed by atoms with Crippen LogP contribution in [0.3, 0.4) is 0 Å². The summed E-state index contributed by atoms with van der Waals surface area (Å²) in [6, 6.07) is 12.3. The number of halogens is 1. The van der Waals surface area contributed by atoms with Crippen LogP contribution in [0.15, 0.2) is 40.9 Å². The molecule has 0 saturated carbocycles. The number of hydrogen-bond acceptors (Lipinski definition) is 5. The molecule has 8 heteroatoms. The van der Waals surface area contributed by atoms with E-state index < -0.39 is 0 Å². The number of rotatable bonds is 9. The first-order valence-electron chi connectivity index (χ1n) is 9.55. The summed E-state index contributed by atoms with van der Waals surface area (Å²) in [6.07, 6.45) is 0.778. The summed E-state index contributed by atoms with van der Waals surface area (Å²) in [5.74, 6) is 2.27. The lowest BCUT2D eigenvalue weighted by Crippen LogP contribution is -2.17. The molecule has 0 amide bonds. The maximum absolute atomic E-state index is 6.09. The second kappa shape index (κ2) is 9.93. The number of nitrogens with zero attached hydrogens (tertiary/aromatic N) is 2. The smallest absolute Gasteiger partial charge is 0.214 e. The van der Waals surface area contributed by atoms with Gasteiger partial charge >= 0.3 is 0 Å². The summed E-state index contributed by atoms with van der Waals surface area (Å²) < 4.78 is 15.1. The molecule has 0 aliphatic carbocycles. The minimum absolute atomic E-state index is 0.474. The van der Waals surface area contributed by atoms with Crippen molar-refractivity contribution in [3.63, 3.8) is 0 Å². The van der Waals surface area contributed by atoms with Gasteiger partial charge in [-0.05, 0) is 65.3 Å². The lowest BCUT2D eigenvalue weighted by atomic mass is 10.1. The molecular weight excluding hydrogens is 452 g/mol. The number of benzene rings is 2. The predicted molar refractivity (Wildman–Crippen MR) is 121 cm³/mol. The van der Waals surface area contributed by atoms with E-state index in [0.717, 1.165) is 27.8 Å². The summed E-state index contributed by atoms with van der Waals surface area (Å²) in [6.45, 7) is 7.66. The minimum atomic E-state index is 0.474. The first-order chi connectivity index (χ1) is 14.0. The van der Waals surface area contributed by atoms with Gasteiger partial charge in [0.25, 0.3) is 0 Å². The molecule has 0 fully saturated rings. The van der Waals surface area contributed by atoms with Crippen LogP contribution in [-0.4, -0.2) is 21.5 Å². The van der Waals surface area contributed by atoms with Crippen molar-refractivity contribution >= 4 is 28.1 Å². The van der Waals surface area contributed by atoms with Crippen LogP contribution in [0.2, 0.25) is 0 Å². The van der Waals surface area contributed by atoms with Gasteiger partial charge < -0.3 is 14.9 Å². The Labute approximate surface area is 184 Å². The van der Waals surface area contributed by atoms with Crippen LogP contribution >= 0.6 is 28.1 Å². The van der Waals surface area contributed by atoms with E-state index in [1.54, 1.807) is 4.68 Å². The normalized spacial score (nSPS) is 10.8. The standard InChI is InChI=1S/C21H25BrN4O2S/c1-4-19-24-25-21(29)26(19)23-12-16-10-17(22)20(18(11-16)27-5-2)28-13-15-8-6-7-14(3)9-15/h6-11,23H,4-5,12-13H2,1-3H3,(H,25,29). The molecule has 1 heterocycles. The van der Waals surface area contributed by atoms with Crippen molar-refractivity contribution in [3.05, 3.63) is 68.2 Å². The van der Waals surface area contributed by atoms with Gasteiger partial charge in [0.2, 0.25) is 4.77 Å². The first kappa shape index (κ1) is 21.4. The van der Waals surface area contributed by atoms with E-state index in [-0.39, 0.29) is 0 Å². The van der Waals surface area contributed by atoms with Crippen molar-refractivity contribution in [2.45, 2.75) is 40.3 Å². The number of aromatic nitrogens is 3. The maximum Gasteiger partial charge on any atom is 0.214 e. The van der Waals surface area contributed by atoms with Crippen molar-refractivity contribution in [1.29, 1.82) is 0 Å². The van der Waals surface area contributed by atoms with E-state index in [1.807, 2.05) is 32.0 Å². The zero-order chi connectivity index (χ0) is 20.8. The molecule has 1 aromatic heterocycles. The molecule has 6 nitrogen and oxygen atoms in total. The molecule has 0 radical (unpaired) electrons. The SMILES string of the molecule is CCOc1cc(CNn2c(CC)n[nH]c2=S)cc(Br)c1OCc1cccc(C)c1. The molecule has 2 N–H and O–H groups in total. The fraction of sp³-hybridized carbons (Fsp3) is 0.333. The number of aryl methyl sites for hydroxylation is 2.